The van der Waals surface area contributed by atoms with Crippen LogP contribution in [-0.4, -0.2) is 6.61 Å². The highest BCUT2D eigenvalue weighted by atomic mass is 79.9. The number of ether oxygens (including phenoxy) is 1. The van der Waals surface area contributed by atoms with Crippen molar-refractivity contribution in [2.24, 2.45) is 5.73 Å². The largest absolute Gasteiger partial charge is 0.493 e. The van der Waals surface area contributed by atoms with Crippen LogP contribution in [0, 0.1) is 20.8 Å². The summed E-state index contributed by atoms with van der Waals surface area (Å²) in [6.07, 6.45) is 0. The first kappa shape index (κ1) is 15.1. The van der Waals surface area contributed by atoms with Gasteiger partial charge in [-0.1, -0.05) is 6.07 Å². The number of rotatable bonds is 4. The lowest BCUT2D eigenvalue weighted by atomic mass is 9.96. The second-order valence-electron chi connectivity index (χ2n) is 4.85. The Hall–Kier alpha value is -1.26. The predicted octanol–water partition coefficient (Wildman–Crippen LogP) is 4.41. The molecule has 1 aromatic heterocycles. The van der Waals surface area contributed by atoms with Crippen LogP contribution in [0.25, 0.3) is 0 Å². The maximum absolute atomic E-state index is 6.40. The van der Waals surface area contributed by atoms with Crippen LogP contribution < -0.4 is 10.5 Å². The minimum atomic E-state index is -0.195. The first-order chi connectivity index (χ1) is 9.45. The van der Waals surface area contributed by atoms with Crippen LogP contribution in [0.5, 0.6) is 5.75 Å². The number of benzene rings is 1. The van der Waals surface area contributed by atoms with Gasteiger partial charge in [0, 0.05) is 5.56 Å². The van der Waals surface area contributed by atoms with Gasteiger partial charge in [-0.25, -0.2) is 0 Å². The molecule has 0 radical (unpaired) electrons. The zero-order chi connectivity index (χ0) is 14.9. The fraction of sp³-hybridized carbons (Fsp3) is 0.375. The molecule has 1 atom stereocenters. The van der Waals surface area contributed by atoms with Crippen molar-refractivity contribution in [2.45, 2.75) is 33.7 Å². The number of hydrogen-bond donors (Lipinski definition) is 1. The Morgan fingerprint density at radius 1 is 1.25 bits per heavy atom. The molecule has 108 valence electrons. The molecule has 0 saturated heterocycles. The molecule has 2 N–H and O–H groups in total. The summed E-state index contributed by atoms with van der Waals surface area (Å²) < 4.78 is 12.1. The van der Waals surface area contributed by atoms with Crippen molar-refractivity contribution in [2.75, 3.05) is 6.61 Å². The number of halogens is 1. The summed E-state index contributed by atoms with van der Waals surface area (Å²) in [5.41, 5.74) is 9.63. The Morgan fingerprint density at radius 3 is 2.45 bits per heavy atom. The summed E-state index contributed by atoms with van der Waals surface area (Å²) in [5.74, 6) is 2.65. The normalized spacial score (nSPS) is 12.5. The number of aryl methyl sites for hydroxylation is 2. The standard InChI is InChI=1S/C16H20BrNO2/c1-5-19-14-7-6-12(8-13(14)17)16(18)15-9(2)10(3)20-11(15)4/h6-8,16H,5,18H2,1-4H3. The second-order valence-corrected chi connectivity index (χ2v) is 5.71. The van der Waals surface area contributed by atoms with Gasteiger partial charge >= 0.3 is 0 Å². The lowest BCUT2D eigenvalue weighted by Crippen LogP contribution is -2.13. The highest BCUT2D eigenvalue weighted by Crippen LogP contribution is 2.33. The Labute approximate surface area is 128 Å². The highest BCUT2D eigenvalue weighted by molar-refractivity contribution is 9.10. The molecule has 1 aromatic carbocycles. The van der Waals surface area contributed by atoms with Crippen LogP contribution in [0.3, 0.4) is 0 Å². The minimum absolute atomic E-state index is 0.195. The van der Waals surface area contributed by atoms with Crippen molar-refractivity contribution in [3.63, 3.8) is 0 Å². The summed E-state index contributed by atoms with van der Waals surface area (Å²) in [5, 5.41) is 0. The van der Waals surface area contributed by atoms with Gasteiger partial charge in [0.05, 0.1) is 17.1 Å². The van der Waals surface area contributed by atoms with Crippen molar-refractivity contribution < 1.29 is 9.15 Å². The molecular formula is C16H20BrNO2. The Morgan fingerprint density at radius 2 is 1.95 bits per heavy atom. The van der Waals surface area contributed by atoms with Crippen molar-refractivity contribution in [3.05, 3.63) is 50.9 Å². The second kappa shape index (κ2) is 6.02. The van der Waals surface area contributed by atoms with Crippen LogP contribution in [0.2, 0.25) is 0 Å². The zero-order valence-electron chi connectivity index (χ0n) is 12.3. The van der Waals surface area contributed by atoms with Crippen molar-refractivity contribution in [1.29, 1.82) is 0 Å². The molecule has 2 aromatic rings. The van der Waals surface area contributed by atoms with E-state index in [0.29, 0.717) is 6.61 Å². The van der Waals surface area contributed by atoms with Crippen LogP contribution in [0.4, 0.5) is 0 Å². The molecule has 0 aliphatic heterocycles. The fourth-order valence-corrected chi connectivity index (χ4v) is 2.93. The molecule has 20 heavy (non-hydrogen) atoms. The van der Waals surface area contributed by atoms with Crippen molar-refractivity contribution >= 4 is 15.9 Å². The molecule has 0 spiro atoms. The Bertz CT molecular complexity index is 619. The lowest BCUT2D eigenvalue weighted by molar-refractivity contribution is 0.338. The molecule has 1 unspecified atom stereocenters. The average Bonchev–Trinajstić information content (AvgIpc) is 2.65. The molecule has 4 heteroatoms. The smallest absolute Gasteiger partial charge is 0.133 e. The summed E-state index contributed by atoms with van der Waals surface area (Å²) in [7, 11) is 0. The fourth-order valence-electron chi connectivity index (χ4n) is 2.42. The number of hydrogen-bond acceptors (Lipinski definition) is 3. The predicted molar refractivity (Wildman–Crippen MR) is 84.3 cm³/mol. The van der Waals surface area contributed by atoms with Gasteiger partial charge in [-0.2, -0.15) is 0 Å². The summed E-state index contributed by atoms with van der Waals surface area (Å²) in [6, 6.07) is 5.76. The molecule has 2 rings (SSSR count). The van der Waals surface area contributed by atoms with E-state index in [-0.39, 0.29) is 6.04 Å². The minimum Gasteiger partial charge on any atom is -0.493 e. The van der Waals surface area contributed by atoms with E-state index in [1.165, 1.54) is 0 Å². The third-order valence-corrected chi connectivity index (χ3v) is 4.16. The van der Waals surface area contributed by atoms with E-state index >= 15 is 0 Å². The quantitative estimate of drug-likeness (QED) is 0.898. The first-order valence-corrected chi connectivity index (χ1v) is 7.49. The molecule has 0 fully saturated rings. The van der Waals surface area contributed by atoms with Gasteiger partial charge in [0.15, 0.2) is 0 Å². The van der Waals surface area contributed by atoms with E-state index in [2.05, 4.69) is 15.9 Å². The number of nitrogens with two attached hydrogens (primary N) is 1. The summed E-state index contributed by atoms with van der Waals surface area (Å²) >= 11 is 3.53. The first-order valence-electron chi connectivity index (χ1n) is 6.70. The van der Waals surface area contributed by atoms with Crippen LogP contribution in [0.1, 0.15) is 41.2 Å². The van der Waals surface area contributed by atoms with Gasteiger partial charge in [-0.15, -0.1) is 0 Å². The van der Waals surface area contributed by atoms with Gasteiger partial charge < -0.3 is 14.9 Å². The van der Waals surface area contributed by atoms with E-state index in [1.807, 2.05) is 45.9 Å². The SMILES string of the molecule is CCOc1ccc(C(N)c2c(C)oc(C)c2C)cc1Br. The van der Waals surface area contributed by atoms with Gasteiger partial charge in [0.1, 0.15) is 17.3 Å². The summed E-state index contributed by atoms with van der Waals surface area (Å²) in [6.45, 7) is 8.58. The van der Waals surface area contributed by atoms with Gasteiger partial charge in [-0.3, -0.25) is 0 Å². The molecule has 1 heterocycles. The van der Waals surface area contributed by atoms with Crippen molar-refractivity contribution in [1.82, 2.24) is 0 Å². The molecule has 0 aliphatic rings. The molecule has 0 amide bonds. The molecule has 0 bridgehead atoms. The van der Waals surface area contributed by atoms with E-state index < -0.39 is 0 Å². The van der Waals surface area contributed by atoms with Crippen molar-refractivity contribution in [3.8, 4) is 5.75 Å². The highest BCUT2D eigenvalue weighted by Gasteiger charge is 2.20. The van der Waals surface area contributed by atoms with Crippen LogP contribution in [-0.2, 0) is 0 Å². The van der Waals surface area contributed by atoms with E-state index in [9.17, 15) is 0 Å². The van der Waals surface area contributed by atoms with Gasteiger partial charge in [-0.05, 0) is 66.9 Å². The molecule has 0 saturated carbocycles. The topological polar surface area (TPSA) is 48.4 Å². The van der Waals surface area contributed by atoms with E-state index in [1.54, 1.807) is 0 Å². The summed E-state index contributed by atoms with van der Waals surface area (Å²) in [4.78, 5) is 0. The molecule has 3 nitrogen and oxygen atoms in total. The van der Waals surface area contributed by atoms with Gasteiger partial charge in [0.25, 0.3) is 0 Å². The van der Waals surface area contributed by atoms with Gasteiger partial charge in [0.2, 0.25) is 0 Å². The third kappa shape index (κ3) is 2.76. The van der Waals surface area contributed by atoms with Crippen LogP contribution >= 0.6 is 15.9 Å². The van der Waals surface area contributed by atoms with Crippen LogP contribution in [0.15, 0.2) is 27.1 Å². The Kier molecular flexibility index (Phi) is 4.55. The monoisotopic (exact) mass is 337 g/mol. The average molecular weight is 338 g/mol. The van der Waals surface area contributed by atoms with E-state index in [4.69, 9.17) is 14.9 Å². The maximum Gasteiger partial charge on any atom is 0.133 e. The Balaban J connectivity index is 2.38. The lowest BCUT2D eigenvalue weighted by Gasteiger charge is -2.15. The molecule has 0 aliphatic carbocycles. The number of furan rings is 1. The zero-order valence-corrected chi connectivity index (χ0v) is 13.9. The molecular weight excluding hydrogens is 318 g/mol. The maximum atomic E-state index is 6.40. The van der Waals surface area contributed by atoms with E-state index in [0.717, 1.165) is 38.4 Å². The third-order valence-electron chi connectivity index (χ3n) is 3.54.